The van der Waals surface area contributed by atoms with Gasteiger partial charge in [-0.15, -0.1) is 0 Å². The molecule has 1 aromatic heterocycles. The van der Waals surface area contributed by atoms with Crippen molar-refractivity contribution < 1.29 is 14.6 Å². The second-order valence-corrected chi connectivity index (χ2v) is 5.44. The molecule has 0 bridgehead atoms. The first-order valence-corrected chi connectivity index (χ1v) is 7.15. The summed E-state index contributed by atoms with van der Waals surface area (Å²) >= 11 is 5.94. The van der Waals surface area contributed by atoms with Gasteiger partial charge in [-0.1, -0.05) is 11.6 Å². The van der Waals surface area contributed by atoms with Gasteiger partial charge < -0.3 is 14.4 Å². The van der Waals surface area contributed by atoms with Crippen LogP contribution >= 0.6 is 11.6 Å². The monoisotopic (exact) mass is 315 g/mol. The lowest BCUT2D eigenvalue weighted by molar-refractivity contribution is -0.139. The van der Waals surface area contributed by atoms with Gasteiger partial charge in [-0.05, 0) is 55.5 Å². The number of benzene rings is 2. The number of rotatable bonds is 4. The largest absolute Gasteiger partial charge is 0.482 e. The van der Waals surface area contributed by atoms with E-state index in [4.69, 9.17) is 21.4 Å². The van der Waals surface area contributed by atoms with Gasteiger partial charge >= 0.3 is 5.97 Å². The summed E-state index contributed by atoms with van der Waals surface area (Å²) < 4.78 is 7.34. The minimum atomic E-state index is -0.991. The standard InChI is InChI=1S/C17H14ClNO3/c1-11-8-12-9-15(22-10-17(20)21)6-7-16(12)19(11)14-4-2-13(18)3-5-14/h2-9H,10H2,1H3,(H,20,21). The molecule has 0 saturated carbocycles. The van der Waals surface area contributed by atoms with E-state index < -0.39 is 5.97 Å². The number of aromatic nitrogens is 1. The van der Waals surface area contributed by atoms with Crippen molar-refractivity contribution in [3.8, 4) is 11.4 Å². The van der Waals surface area contributed by atoms with Crippen LogP contribution in [0, 0.1) is 6.92 Å². The van der Waals surface area contributed by atoms with Crippen molar-refractivity contribution in [3.05, 3.63) is 59.2 Å². The predicted octanol–water partition coefficient (Wildman–Crippen LogP) is 4.06. The van der Waals surface area contributed by atoms with Crippen molar-refractivity contribution in [2.45, 2.75) is 6.92 Å². The summed E-state index contributed by atoms with van der Waals surface area (Å²) in [7, 11) is 0. The van der Waals surface area contributed by atoms with E-state index in [0.717, 1.165) is 22.3 Å². The minimum absolute atomic E-state index is 0.345. The smallest absolute Gasteiger partial charge is 0.341 e. The lowest BCUT2D eigenvalue weighted by Crippen LogP contribution is -2.09. The molecule has 3 aromatic rings. The molecule has 0 aliphatic rings. The van der Waals surface area contributed by atoms with E-state index in [1.165, 1.54) is 0 Å². The number of aliphatic carboxylic acids is 1. The topological polar surface area (TPSA) is 51.5 Å². The van der Waals surface area contributed by atoms with Crippen LogP contribution in [0.4, 0.5) is 0 Å². The number of nitrogens with zero attached hydrogens (tertiary/aromatic N) is 1. The molecule has 0 spiro atoms. The van der Waals surface area contributed by atoms with Crippen LogP contribution in [0.2, 0.25) is 5.02 Å². The first-order valence-electron chi connectivity index (χ1n) is 6.77. The Morgan fingerprint density at radius 2 is 1.91 bits per heavy atom. The Morgan fingerprint density at radius 3 is 2.59 bits per heavy atom. The number of carboxylic acids is 1. The molecule has 4 nitrogen and oxygen atoms in total. The molecule has 5 heteroatoms. The lowest BCUT2D eigenvalue weighted by Gasteiger charge is -2.09. The number of aryl methyl sites for hydroxylation is 1. The molecule has 112 valence electrons. The van der Waals surface area contributed by atoms with Crippen molar-refractivity contribution in [1.29, 1.82) is 0 Å². The molecule has 0 amide bonds. The molecule has 0 aliphatic carbocycles. The van der Waals surface area contributed by atoms with E-state index in [-0.39, 0.29) is 6.61 Å². The minimum Gasteiger partial charge on any atom is -0.482 e. The molecule has 3 rings (SSSR count). The number of carboxylic acid groups (broad SMARTS) is 1. The lowest BCUT2D eigenvalue weighted by atomic mass is 10.2. The zero-order valence-corrected chi connectivity index (χ0v) is 12.7. The van der Waals surface area contributed by atoms with E-state index >= 15 is 0 Å². The number of carbonyl (C=O) groups is 1. The van der Waals surface area contributed by atoms with Crippen LogP contribution in [0.5, 0.6) is 5.75 Å². The average Bonchev–Trinajstić information content (AvgIpc) is 2.81. The first-order chi connectivity index (χ1) is 10.5. The van der Waals surface area contributed by atoms with Crippen molar-refractivity contribution in [3.63, 3.8) is 0 Å². The Labute approximate surface area is 132 Å². The number of ether oxygens (including phenoxy) is 1. The third kappa shape index (κ3) is 2.78. The van der Waals surface area contributed by atoms with Crippen LogP contribution < -0.4 is 4.74 Å². The molecule has 0 saturated heterocycles. The summed E-state index contributed by atoms with van der Waals surface area (Å²) in [6.45, 7) is 1.68. The van der Waals surface area contributed by atoms with Crippen LogP contribution in [0.15, 0.2) is 48.5 Å². The van der Waals surface area contributed by atoms with Crippen LogP contribution in [0.25, 0.3) is 16.6 Å². The highest BCUT2D eigenvalue weighted by Crippen LogP contribution is 2.28. The van der Waals surface area contributed by atoms with Gasteiger partial charge in [0.25, 0.3) is 0 Å². The number of hydrogen-bond donors (Lipinski definition) is 1. The van der Waals surface area contributed by atoms with Gasteiger partial charge in [-0.2, -0.15) is 0 Å². The Morgan fingerprint density at radius 1 is 1.18 bits per heavy atom. The summed E-state index contributed by atoms with van der Waals surface area (Å²) in [6, 6.07) is 15.2. The quantitative estimate of drug-likeness (QED) is 0.790. The van der Waals surface area contributed by atoms with Gasteiger partial charge in [0.05, 0.1) is 5.52 Å². The fourth-order valence-electron chi connectivity index (χ4n) is 2.50. The van der Waals surface area contributed by atoms with Gasteiger partial charge in [0.2, 0.25) is 0 Å². The maximum atomic E-state index is 10.6. The van der Waals surface area contributed by atoms with Crippen LogP contribution in [-0.2, 0) is 4.79 Å². The van der Waals surface area contributed by atoms with E-state index in [2.05, 4.69) is 4.57 Å². The molecule has 2 aromatic carbocycles. The Hall–Kier alpha value is -2.46. The Bertz CT molecular complexity index is 837. The molecule has 0 radical (unpaired) electrons. The third-order valence-corrected chi connectivity index (χ3v) is 3.66. The molecule has 22 heavy (non-hydrogen) atoms. The maximum absolute atomic E-state index is 10.6. The highest BCUT2D eigenvalue weighted by molar-refractivity contribution is 6.30. The highest BCUT2D eigenvalue weighted by atomic mass is 35.5. The molecule has 1 N–H and O–H groups in total. The average molecular weight is 316 g/mol. The second kappa shape index (κ2) is 5.73. The normalized spacial score (nSPS) is 10.8. The van der Waals surface area contributed by atoms with Crippen molar-refractivity contribution in [2.24, 2.45) is 0 Å². The van der Waals surface area contributed by atoms with Crippen LogP contribution in [-0.4, -0.2) is 22.2 Å². The van der Waals surface area contributed by atoms with Gasteiger partial charge in [0.15, 0.2) is 6.61 Å². The van der Waals surface area contributed by atoms with Gasteiger partial charge in [0, 0.05) is 21.8 Å². The molecule has 0 atom stereocenters. The first kappa shape index (κ1) is 14.5. The van der Waals surface area contributed by atoms with Crippen LogP contribution in [0.3, 0.4) is 0 Å². The Kier molecular flexibility index (Phi) is 3.77. The molecule has 1 heterocycles. The number of fused-ring (bicyclic) bond motifs is 1. The molecular weight excluding hydrogens is 302 g/mol. The van der Waals surface area contributed by atoms with Crippen molar-refractivity contribution >= 4 is 28.5 Å². The zero-order chi connectivity index (χ0) is 15.7. The highest BCUT2D eigenvalue weighted by Gasteiger charge is 2.09. The number of halogens is 1. The summed E-state index contributed by atoms with van der Waals surface area (Å²) in [5, 5.41) is 10.4. The Balaban J connectivity index is 2.03. The van der Waals surface area contributed by atoms with Crippen molar-refractivity contribution in [1.82, 2.24) is 4.57 Å². The predicted molar refractivity (Wildman–Crippen MR) is 86.2 cm³/mol. The number of hydrogen-bond acceptors (Lipinski definition) is 2. The second-order valence-electron chi connectivity index (χ2n) is 5.00. The molecule has 0 unspecified atom stereocenters. The zero-order valence-electron chi connectivity index (χ0n) is 11.9. The van der Waals surface area contributed by atoms with E-state index in [1.54, 1.807) is 6.07 Å². The third-order valence-electron chi connectivity index (χ3n) is 3.40. The van der Waals surface area contributed by atoms with E-state index in [1.807, 2.05) is 49.4 Å². The fourth-order valence-corrected chi connectivity index (χ4v) is 2.63. The SMILES string of the molecule is Cc1cc2cc(OCC(=O)O)ccc2n1-c1ccc(Cl)cc1. The maximum Gasteiger partial charge on any atom is 0.341 e. The van der Waals surface area contributed by atoms with E-state index in [0.29, 0.717) is 10.8 Å². The molecule has 0 fully saturated rings. The van der Waals surface area contributed by atoms with E-state index in [9.17, 15) is 4.79 Å². The van der Waals surface area contributed by atoms with Crippen molar-refractivity contribution in [2.75, 3.05) is 6.61 Å². The summed E-state index contributed by atoms with van der Waals surface area (Å²) in [4.78, 5) is 10.6. The van der Waals surface area contributed by atoms with Gasteiger partial charge in [-0.25, -0.2) is 4.79 Å². The molecule has 0 aliphatic heterocycles. The fraction of sp³-hybridized carbons (Fsp3) is 0.118. The summed E-state index contributed by atoms with van der Waals surface area (Å²) in [6.07, 6.45) is 0. The van der Waals surface area contributed by atoms with Gasteiger partial charge in [-0.3, -0.25) is 0 Å². The molecular formula is C17H14ClNO3. The summed E-state index contributed by atoms with van der Waals surface area (Å²) in [5.74, 6) is -0.446. The van der Waals surface area contributed by atoms with Crippen LogP contribution in [0.1, 0.15) is 5.69 Å². The van der Waals surface area contributed by atoms with Gasteiger partial charge in [0.1, 0.15) is 5.75 Å². The summed E-state index contributed by atoms with van der Waals surface area (Å²) in [5.41, 5.74) is 3.13.